The number of hydrogen-bond donors (Lipinski definition) is 1. The lowest BCUT2D eigenvalue weighted by Gasteiger charge is -2.32. The zero-order valence-corrected chi connectivity index (χ0v) is 9.53. The van der Waals surface area contributed by atoms with Crippen molar-refractivity contribution in [1.82, 2.24) is 10.3 Å². The first kappa shape index (κ1) is 10.4. The van der Waals surface area contributed by atoms with Crippen molar-refractivity contribution in [3.8, 4) is 0 Å². The van der Waals surface area contributed by atoms with Crippen molar-refractivity contribution in [1.29, 1.82) is 0 Å². The first-order valence-electron chi connectivity index (χ1n) is 5.63. The lowest BCUT2D eigenvalue weighted by molar-refractivity contribution is 0.443. The van der Waals surface area contributed by atoms with Gasteiger partial charge in [-0.25, -0.2) is 4.98 Å². The van der Waals surface area contributed by atoms with Crippen LogP contribution in [0.25, 0.3) is 0 Å². The molecule has 1 aromatic heterocycles. The molecule has 0 aliphatic carbocycles. The maximum Gasteiger partial charge on any atom is 0.128 e. The standard InChI is InChI=1S/C12H19N3/c1-10-5-6-12(14-8-10)15(2)11-4-3-7-13-9-11/h5-6,8,11,13H,3-4,7,9H2,1-2H3. The number of nitrogens with one attached hydrogen (secondary N) is 1. The molecule has 2 heterocycles. The molecule has 1 saturated heterocycles. The van der Waals surface area contributed by atoms with Gasteiger partial charge in [0, 0.05) is 25.8 Å². The molecule has 1 unspecified atom stereocenters. The Morgan fingerprint density at radius 2 is 2.33 bits per heavy atom. The van der Waals surface area contributed by atoms with Crippen LogP contribution in [0.2, 0.25) is 0 Å². The van der Waals surface area contributed by atoms with Gasteiger partial charge in [-0.2, -0.15) is 0 Å². The summed E-state index contributed by atoms with van der Waals surface area (Å²) in [4.78, 5) is 6.73. The largest absolute Gasteiger partial charge is 0.355 e. The number of hydrogen-bond acceptors (Lipinski definition) is 3. The predicted octanol–water partition coefficient (Wildman–Crippen LogP) is 1.58. The van der Waals surface area contributed by atoms with Crippen molar-refractivity contribution >= 4 is 5.82 Å². The topological polar surface area (TPSA) is 28.2 Å². The van der Waals surface area contributed by atoms with Crippen LogP contribution in [-0.2, 0) is 0 Å². The molecule has 1 aliphatic heterocycles. The van der Waals surface area contributed by atoms with E-state index >= 15 is 0 Å². The third-order valence-electron chi connectivity index (χ3n) is 3.08. The second kappa shape index (κ2) is 4.62. The quantitative estimate of drug-likeness (QED) is 0.794. The summed E-state index contributed by atoms with van der Waals surface area (Å²) >= 11 is 0. The first-order valence-corrected chi connectivity index (χ1v) is 5.63. The summed E-state index contributed by atoms with van der Waals surface area (Å²) in [5.41, 5.74) is 1.22. The van der Waals surface area contributed by atoms with Gasteiger partial charge in [0.05, 0.1) is 0 Å². The van der Waals surface area contributed by atoms with E-state index < -0.39 is 0 Å². The highest BCUT2D eigenvalue weighted by Crippen LogP contribution is 2.16. The lowest BCUT2D eigenvalue weighted by Crippen LogP contribution is -2.44. The van der Waals surface area contributed by atoms with Crippen LogP contribution >= 0.6 is 0 Å². The average Bonchev–Trinajstić information content (AvgIpc) is 2.30. The minimum absolute atomic E-state index is 0.592. The van der Waals surface area contributed by atoms with E-state index in [9.17, 15) is 0 Å². The minimum Gasteiger partial charge on any atom is -0.355 e. The monoisotopic (exact) mass is 205 g/mol. The van der Waals surface area contributed by atoms with Crippen molar-refractivity contribution in [3.63, 3.8) is 0 Å². The number of pyridine rings is 1. The maximum absolute atomic E-state index is 4.45. The fourth-order valence-corrected chi connectivity index (χ4v) is 2.02. The van der Waals surface area contributed by atoms with Crippen LogP contribution in [-0.4, -0.2) is 31.2 Å². The second-order valence-electron chi connectivity index (χ2n) is 4.30. The van der Waals surface area contributed by atoms with Crippen molar-refractivity contribution in [2.24, 2.45) is 0 Å². The highest BCUT2D eigenvalue weighted by atomic mass is 15.2. The normalized spacial score (nSPS) is 21.3. The second-order valence-corrected chi connectivity index (χ2v) is 4.30. The minimum atomic E-state index is 0.592. The number of aromatic nitrogens is 1. The summed E-state index contributed by atoms with van der Waals surface area (Å²) in [6, 6.07) is 4.81. The third kappa shape index (κ3) is 2.48. The van der Waals surface area contributed by atoms with Crippen molar-refractivity contribution in [2.75, 3.05) is 25.0 Å². The maximum atomic E-state index is 4.45. The van der Waals surface area contributed by atoms with Crippen molar-refractivity contribution in [3.05, 3.63) is 23.9 Å². The molecule has 0 spiro atoms. The van der Waals surface area contributed by atoms with E-state index in [0.717, 1.165) is 18.9 Å². The van der Waals surface area contributed by atoms with E-state index in [1.165, 1.54) is 18.4 Å². The van der Waals surface area contributed by atoms with Gasteiger partial charge in [0.25, 0.3) is 0 Å². The summed E-state index contributed by atoms with van der Waals surface area (Å²) < 4.78 is 0. The number of rotatable bonds is 2. The molecule has 3 nitrogen and oxygen atoms in total. The fourth-order valence-electron chi connectivity index (χ4n) is 2.02. The molecule has 1 atom stereocenters. The highest BCUT2D eigenvalue weighted by Gasteiger charge is 2.18. The Balaban J connectivity index is 2.05. The van der Waals surface area contributed by atoms with E-state index in [0.29, 0.717) is 6.04 Å². The zero-order chi connectivity index (χ0) is 10.7. The molecule has 15 heavy (non-hydrogen) atoms. The number of likely N-dealkylation sites (N-methyl/N-ethyl adjacent to an activating group) is 1. The van der Waals surface area contributed by atoms with Gasteiger partial charge < -0.3 is 10.2 Å². The van der Waals surface area contributed by atoms with Crippen LogP contribution in [0.5, 0.6) is 0 Å². The van der Waals surface area contributed by atoms with Gasteiger partial charge in [-0.1, -0.05) is 6.07 Å². The van der Waals surface area contributed by atoms with Crippen molar-refractivity contribution < 1.29 is 0 Å². The number of aryl methyl sites for hydroxylation is 1. The summed E-state index contributed by atoms with van der Waals surface area (Å²) in [7, 11) is 2.13. The molecule has 1 fully saturated rings. The Morgan fingerprint density at radius 1 is 1.47 bits per heavy atom. The Kier molecular flexibility index (Phi) is 3.21. The lowest BCUT2D eigenvalue weighted by atomic mass is 10.1. The van der Waals surface area contributed by atoms with Crippen LogP contribution in [0, 0.1) is 6.92 Å². The predicted molar refractivity (Wildman–Crippen MR) is 63.3 cm³/mol. The van der Waals surface area contributed by atoms with Crippen LogP contribution in [0.15, 0.2) is 18.3 Å². The molecule has 1 N–H and O–H groups in total. The van der Waals surface area contributed by atoms with Gasteiger partial charge in [-0.15, -0.1) is 0 Å². The SMILES string of the molecule is Cc1ccc(N(C)C2CCCNC2)nc1. The zero-order valence-electron chi connectivity index (χ0n) is 9.53. The average molecular weight is 205 g/mol. The molecule has 1 aromatic rings. The number of anilines is 1. The summed E-state index contributed by atoms with van der Waals surface area (Å²) in [6.45, 7) is 4.30. The van der Waals surface area contributed by atoms with Gasteiger partial charge >= 0.3 is 0 Å². The molecule has 2 rings (SSSR count). The van der Waals surface area contributed by atoms with E-state index in [2.05, 4.69) is 41.3 Å². The molecular formula is C12H19N3. The van der Waals surface area contributed by atoms with E-state index in [-0.39, 0.29) is 0 Å². The van der Waals surface area contributed by atoms with Gasteiger partial charge in [0.15, 0.2) is 0 Å². The third-order valence-corrected chi connectivity index (χ3v) is 3.08. The van der Waals surface area contributed by atoms with E-state index in [4.69, 9.17) is 0 Å². The van der Waals surface area contributed by atoms with Crippen LogP contribution in [0.1, 0.15) is 18.4 Å². The van der Waals surface area contributed by atoms with Gasteiger partial charge in [0.2, 0.25) is 0 Å². The van der Waals surface area contributed by atoms with Crippen LogP contribution < -0.4 is 10.2 Å². The molecule has 82 valence electrons. The Morgan fingerprint density at radius 3 is 2.93 bits per heavy atom. The molecule has 1 aliphatic rings. The summed E-state index contributed by atoms with van der Waals surface area (Å²) in [5, 5.41) is 3.43. The van der Waals surface area contributed by atoms with E-state index in [1.54, 1.807) is 0 Å². The summed E-state index contributed by atoms with van der Waals surface area (Å²) in [6.07, 6.45) is 4.46. The highest BCUT2D eigenvalue weighted by molar-refractivity contribution is 5.39. The molecule has 0 bridgehead atoms. The fraction of sp³-hybridized carbons (Fsp3) is 0.583. The Bertz CT molecular complexity index is 301. The van der Waals surface area contributed by atoms with Gasteiger partial charge in [0.1, 0.15) is 5.82 Å². The van der Waals surface area contributed by atoms with Crippen LogP contribution in [0.4, 0.5) is 5.82 Å². The van der Waals surface area contributed by atoms with Crippen molar-refractivity contribution in [2.45, 2.75) is 25.8 Å². The Labute approximate surface area is 91.5 Å². The molecule has 3 heteroatoms. The smallest absolute Gasteiger partial charge is 0.128 e. The number of nitrogens with zero attached hydrogens (tertiary/aromatic N) is 2. The Hall–Kier alpha value is -1.09. The molecule has 0 amide bonds. The van der Waals surface area contributed by atoms with Crippen LogP contribution in [0.3, 0.4) is 0 Å². The van der Waals surface area contributed by atoms with E-state index in [1.807, 2.05) is 6.20 Å². The molecule has 0 saturated carbocycles. The summed E-state index contributed by atoms with van der Waals surface area (Å²) in [5.74, 6) is 1.08. The number of piperidine rings is 1. The van der Waals surface area contributed by atoms with Gasteiger partial charge in [-0.3, -0.25) is 0 Å². The first-order chi connectivity index (χ1) is 7.27. The molecule has 0 radical (unpaired) electrons. The molecule has 0 aromatic carbocycles. The molecular weight excluding hydrogens is 186 g/mol. The van der Waals surface area contributed by atoms with Gasteiger partial charge in [-0.05, 0) is 37.9 Å².